The van der Waals surface area contributed by atoms with Gasteiger partial charge in [0.2, 0.25) is 5.82 Å². The third kappa shape index (κ3) is 1.73. The molecule has 0 saturated heterocycles. The number of hydrogen-bond donors (Lipinski definition) is 1. The minimum atomic E-state index is 0.437. The van der Waals surface area contributed by atoms with Crippen molar-refractivity contribution in [1.29, 1.82) is 0 Å². The Labute approximate surface area is 103 Å². The van der Waals surface area contributed by atoms with Gasteiger partial charge >= 0.3 is 0 Å². The van der Waals surface area contributed by atoms with E-state index in [0.717, 1.165) is 11.3 Å². The van der Waals surface area contributed by atoms with Gasteiger partial charge in [-0.15, -0.1) is 0 Å². The van der Waals surface area contributed by atoms with Crippen LogP contribution in [0.25, 0.3) is 23.0 Å². The van der Waals surface area contributed by atoms with Gasteiger partial charge in [-0.1, -0.05) is 17.3 Å². The van der Waals surface area contributed by atoms with Gasteiger partial charge in [0.25, 0.3) is 5.89 Å². The predicted octanol–water partition coefficient (Wildman–Crippen LogP) is 1.72. The van der Waals surface area contributed by atoms with Crippen LogP contribution in [0.2, 0.25) is 0 Å². The van der Waals surface area contributed by atoms with Crippen LogP contribution < -0.4 is 5.73 Å². The first-order valence-corrected chi connectivity index (χ1v) is 5.42. The first kappa shape index (κ1) is 10.5. The normalized spacial score (nSPS) is 10.7. The summed E-state index contributed by atoms with van der Waals surface area (Å²) in [5.41, 5.74) is 7.99. The first-order chi connectivity index (χ1) is 8.74. The molecule has 18 heavy (non-hydrogen) atoms. The van der Waals surface area contributed by atoms with Crippen LogP contribution >= 0.6 is 0 Å². The maximum atomic E-state index is 5.72. The highest BCUT2D eigenvalue weighted by atomic mass is 16.5. The monoisotopic (exact) mass is 241 g/mol. The molecule has 6 heteroatoms. The van der Waals surface area contributed by atoms with E-state index in [4.69, 9.17) is 10.3 Å². The van der Waals surface area contributed by atoms with Crippen LogP contribution in [0.5, 0.6) is 0 Å². The van der Waals surface area contributed by atoms with Crippen LogP contribution in [0.4, 0.5) is 5.69 Å². The number of hydrogen-bond acceptors (Lipinski definition) is 5. The zero-order valence-electron chi connectivity index (χ0n) is 9.74. The van der Waals surface area contributed by atoms with Gasteiger partial charge in [-0.3, -0.25) is 4.68 Å². The second kappa shape index (κ2) is 3.99. The number of aromatic nitrogens is 4. The minimum absolute atomic E-state index is 0.437. The zero-order chi connectivity index (χ0) is 12.5. The predicted molar refractivity (Wildman–Crippen MR) is 66.3 cm³/mol. The van der Waals surface area contributed by atoms with Gasteiger partial charge < -0.3 is 10.3 Å². The maximum absolute atomic E-state index is 5.72. The van der Waals surface area contributed by atoms with Crippen molar-refractivity contribution in [3.63, 3.8) is 0 Å². The summed E-state index contributed by atoms with van der Waals surface area (Å²) in [4.78, 5) is 4.33. The third-order valence-corrected chi connectivity index (χ3v) is 2.61. The highest BCUT2D eigenvalue weighted by Crippen LogP contribution is 2.22. The Hall–Kier alpha value is -2.63. The fourth-order valence-corrected chi connectivity index (χ4v) is 1.71. The van der Waals surface area contributed by atoms with E-state index >= 15 is 0 Å². The number of anilines is 1. The topological polar surface area (TPSA) is 82.8 Å². The third-order valence-electron chi connectivity index (χ3n) is 2.61. The molecule has 3 rings (SSSR count). The molecule has 1 aromatic carbocycles. The van der Waals surface area contributed by atoms with Crippen molar-refractivity contribution in [1.82, 2.24) is 19.9 Å². The second-order valence-electron chi connectivity index (χ2n) is 3.89. The van der Waals surface area contributed by atoms with Crippen molar-refractivity contribution in [2.24, 2.45) is 7.05 Å². The molecule has 0 unspecified atom stereocenters. The lowest BCUT2D eigenvalue weighted by atomic mass is 10.2. The molecule has 0 aliphatic rings. The van der Waals surface area contributed by atoms with Crippen molar-refractivity contribution in [2.75, 3.05) is 5.73 Å². The molecule has 0 aliphatic carbocycles. The van der Waals surface area contributed by atoms with Crippen LogP contribution in [0.15, 0.2) is 41.1 Å². The van der Waals surface area contributed by atoms with Gasteiger partial charge in [-0.25, -0.2) is 0 Å². The largest absolute Gasteiger partial charge is 0.399 e. The Balaban J connectivity index is 2.02. The lowest BCUT2D eigenvalue weighted by molar-refractivity contribution is 0.428. The first-order valence-electron chi connectivity index (χ1n) is 5.42. The number of nitrogens with zero attached hydrogens (tertiary/aromatic N) is 4. The van der Waals surface area contributed by atoms with Gasteiger partial charge in [-0.05, 0) is 18.2 Å². The summed E-state index contributed by atoms with van der Waals surface area (Å²) in [6.07, 6.45) is 1.68. The zero-order valence-corrected chi connectivity index (χ0v) is 9.74. The van der Waals surface area contributed by atoms with Gasteiger partial charge in [0.05, 0.1) is 0 Å². The number of benzene rings is 1. The van der Waals surface area contributed by atoms with Gasteiger partial charge in [0.1, 0.15) is 5.69 Å². The molecule has 0 saturated carbocycles. The van der Waals surface area contributed by atoms with E-state index in [1.165, 1.54) is 0 Å². The van der Waals surface area contributed by atoms with Gasteiger partial charge in [0.15, 0.2) is 0 Å². The quantitative estimate of drug-likeness (QED) is 0.691. The van der Waals surface area contributed by atoms with Gasteiger partial charge in [-0.2, -0.15) is 10.1 Å². The van der Waals surface area contributed by atoms with Crippen LogP contribution in [-0.4, -0.2) is 19.9 Å². The van der Waals surface area contributed by atoms with Crippen LogP contribution in [0.3, 0.4) is 0 Å². The molecule has 2 heterocycles. The fourth-order valence-electron chi connectivity index (χ4n) is 1.71. The highest BCUT2D eigenvalue weighted by Gasteiger charge is 2.13. The molecular weight excluding hydrogens is 230 g/mol. The lowest BCUT2D eigenvalue weighted by Crippen LogP contribution is -1.93. The van der Waals surface area contributed by atoms with E-state index in [0.29, 0.717) is 17.4 Å². The summed E-state index contributed by atoms with van der Waals surface area (Å²) in [7, 11) is 1.82. The molecule has 0 amide bonds. The molecule has 0 spiro atoms. The molecule has 2 N–H and O–H groups in total. The van der Waals surface area contributed by atoms with Crippen LogP contribution in [0.1, 0.15) is 0 Å². The lowest BCUT2D eigenvalue weighted by Gasteiger charge is -1.95. The molecule has 2 aromatic heterocycles. The average Bonchev–Trinajstić information content (AvgIpc) is 2.97. The van der Waals surface area contributed by atoms with Crippen molar-refractivity contribution in [3.8, 4) is 23.0 Å². The van der Waals surface area contributed by atoms with E-state index < -0.39 is 0 Å². The summed E-state index contributed by atoms with van der Waals surface area (Å²) in [6, 6.07) is 9.17. The van der Waals surface area contributed by atoms with E-state index in [-0.39, 0.29) is 0 Å². The molecular formula is C12H11N5O. The Kier molecular flexibility index (Phi) is 2.33. The van der Waals surface area contributed by atoms with E-state index in [9.17, 15) is 0 Å². The van der Waals surface area contributed by atoms with Crippen LogP contribution in [-0.2, 0) is 7.05 Å². The molecule has 90 valence electrons. The molecule has 0 aliphatic heterocycles. The van der Waals surface area contributed by atoms with E-state index in [1.54, 1.807) is 16.9 Å². The number of nitrogen functional groups attached to an aromatic ring is 1. The highest BCUT2D eigenvalue weighted by molar-refractivity contribution is 5.62. The minimum Gasteiger partial charge on any atom is -0.399 e. The SMILES string of the molecule is Cn1nccc1-c1nc(-c2cccc(N)c2)no1. The summed E-state index contributed by atoms with van der Waals surface area (Å²) in [6.45, 7) is 0. The summed E-state index contributed by atoms with van der Waals surface area (Å²) < 4.78 is 6.90. The van der Waals surface area contributed by atoms with Crippen molar-refractivity contribution < 1.29 is 4.52 Å². The van der Waals surface area contributed by atoms with Gasteiger partial charge in [0, 0.05) is 24.5 Å². The van der Waals surface area contributed by atoms with Crippen LogP contribution in [0, 0.1) is 0 Å². The fraction of sp³-hybridized carbons (Fsp3) is 0.0833. The molecule has 6 nitrogen and oxygen atoms in total. The van der Waals surface area contributed by atoms with E-state index in [1.807, 2.05) is 31.3 Å². The standard InChI is InChI=1S/C12H11N5O/c1-17-10(5-6-14-17)12-15-11(16-18-12)8-3-2-4-9(13)7-8/h2-7H,13H2,1H3. The number of aryl methyl sites for hydroxylation is 1. The molecule has 0 bridgehead atoms. The van der Waals surface area contributed by atoms with Crippen molar-refractivity contribution >= 4 is 5.69 Å². The van der Waals surface area contributed by atoms with E-state index in [2.05, 4.69) is 15.2 Å². The van der Waals surface area contributed by atoms with Crippen molar-refractivity contribution in [2.45, 2.75) is 0 Å². The number of rotatable bonds is 2. The summed E-state index contributed by atoms with van der Waals surface area (Å²) in [5.74, 6) is 0.950. The maximum Gasteiger partial charge on any atom is 0.276 e. The number of nitrogens with two attached hydrogens (primary N) is 1. The molecule has 3 aromatic rings. The Bertz CT molecular complexity index is 685. The molecule has 0 radical (unpaired) electrons. The summed E-state index contributed by atoms with van der Waals surface area (Å²) in [5, 5.41) is 8.00. The molecule has 0 fully saturated rings. The Morgan fingerprint density at radius 2 is 2.17 bits per heavy atom. The summed E-state index contributed by atoms with van der Waals surface area (Å²) >= 11 is 0. The average molecular weight is 241 g/mol. The van der Waals surface area contributed by atoms with Crippen molar-refractivity contribution in [3.05, 3.63) is 36.5 Å². The smallest absolute Gasteiger partial charge is 0.276 e. The molecule has 0 atom stereocenters. The Morgan fingerprint density at radius 1 is 1.28 bits per heavy atom. The second-order valence-corrected chi connectivity index (χ2v) is 3.89. The Morgan fingerprint density at radius 3 is 2.89 bits per heavy atom.